The highest BCUT2D eigenvalue weighted by atomic mass is 15.4. The molecule has 7 nitrogen and oxygen atoms in total. The van der Waals surface area contributed by atoms with Crippen LogP contribution in [-0.4, -0.2) is 52.9 Å². The van der Waals surface area contributed by atoms with Crippen molar-refractivity contribution >= 4 is 17.6 Å². The van der Waals surface area contributed by atoms with Crippen molar-refractivity contribution in [3.8, 4) is 0 Å². The summed E-state index contributed by atoms with van der Waals surface area (Å²) in [6.07, 6.45) is 3.51. The number of piperazine rings is 1. The fourth-order valence-electron chi connectivity index (χ4n) is 2.50. The summed E-state index contributed by atoms with van der Waals surface area (Å²) < 4.78 is 0. The van der Waals surface area contributed by atoms with E-state index in [1.54, 1.807) is 6.20 Å². The van der Waals surface area contributed by atoms with Crippen LogP contribution in [0, 0.1) is 5.92 Å². The lowest BCUT2D eigenvalue weighted by Crippen LogP contribution is -2.47. The molecule has 23 heavy (non-hydrogen) atoms. The van der Waals surface area contributed by atoms with Gasteiger partial charge in [-0.25, -0.2) is 4.98 Å². The van der Waals surface area contributed by atoms with Crippen LogP contribution in [0.1, 0.15) is 13.8 Å². The summed E-state index contributed by atoms with van der Waals surface area (Å²) in [7, 11) is 0. The first kappa shape index (κ1) is 15.5. The Morgan fingerprint density at radius 3 is 2.61 bits per heavy atom. The maximum Gasteiger partial charge on any atom is 0.247 e. The summed E-state index contributed by atoms with van der Waals surface area (Å²) in [6.45, 7) is 8.76. The van der Waals surface area contributed by atoms with Gasteiger partial charge in [-0.05, 0) is 18.1 Å². The van der Waals surface area contributed by atoms with E-state index in [-0.39, 0.29) is 0 Å². The predicted molar refractivity (Wildman–Crippen MR) is 91.8 cm³/mol. The topological polar surface area (TPSA) is 70.1 Å². The van der Waals surface area contributed by atoms with Gasteiger partial charge >= 0.3 is 0 Å². The summed E-state index contributed by atoms with van der Waals surface area (Å²) in [4.78, 5) is 13.4. The van der Waals surface area contributed by atoms with Crippen LogP contribution in [0.25, 0.3) is 0 Å². The number of hydrogen-bond acceptors (Lipinski definition) is 7. The van der Waals surface area contributed by atoms with Gasteiger partial charge < -0.3 is 15.1 Å². The Bertz CT molecular complexity index is 609. The highest BCUT2D eigenvalue weighted by Gasteiger charge is 2.20. The quantitative estimate of drug-likeness (QED) is 0.900. The molecule has 7 heteroatoms. The molecular weight excluding hydrogens is 290 g/mol. The number of nitrogens with one attached hydrogen (secondary N) is 1. The maximum absolute atomic E-state index is 4.57. The molecule has 3 rings (SSSR count). The van der Waals surface area contributed by atoms with Crippen LogP contribution in [-0.2, 0) is 0 Å². The van der Waals surface area contributed by atoms with Crippen LogP contribution in [0.15, 0.2) is 30.6 Å². The molecule has 2 aromatic rings. The van der Waals surface area contributed by atoms with Crippen molar-refractivity contribution in [1.82, 2.24) is 20.2 Å². The van der Waals surface area contributed by atoms with Crippen molar-refractivity contribution in [2.45, 2.75) is 13.8 Å². The Labute approximate surface area is 136 Å². The van der Waals surface area contributed by atoms with Gasteiger partial charge in [0.2, 0.25) is 5.95 Å². The Balaban J connectivity index is 1.60. The Kier molecular flexibility index (Phi) is 4.85. The molecular formula is C16H23N7. The van der Waals surface area contributed by atoms with Crippen LogP contribution in [0.4, 0.5) is 17.6 Å². The van der Waals surface area contributed by atoms with Crippen molar-refractivity contribution in [1.29, 1.82) is 0 Å². The van der Waals surface area contributed by atoms with E-state index in [0.29, 0.717) is 11.9 Å². The molecule has 1 aliphatic heterocycles. The molecule has 0 unspecified atom stereocenters. The zero-order chi connectivity index (χ0) is 16.1. The molecule has 0 atom stereocenters. The standard InChI is InChI=1S/C16H23N7/c1-13(2)11-18-14-12-19-21-16(20-14)23-9-7-22(8-10-23)15-5-3-4-6-17-15/h3-6,12-13H,7-11H2,1-2H3,(H,18,20,21). The number of aromatic nitrogens is 4. The largest absolute Gasteiger partial charge is 0.368 e. The van der Waals surface area contributed by atoms with E-state index in [0.717, 1.165) is 44.4 Å². The molecule has 3 heterocycles. The van der Waals surface area contributed by atoms with Gasteiger partial charge in [0.25, 0.3) is 0 Å². The first-order chi connectivity index (χ1) is 11.2. The average Bonchev–Trinajstić information content (AvgIpc) is 2.61. The number of pyridine rings is 1. The Morgan fingerprint density at radius 2 is 1.91 bits per heavy atom. The fourth-order valence-corrected chi connectivity index (χ4v) is 2.50. The minimum atomic E-state index is 0.565. The first-order valence-electron chi connectivity index (χ1n) is 8.07. The minimum absolute atomic E-state index is 0.565. The van der Waals surface area contributed by atoms with Crippen LogP contribution in [0.3, 0.4) is 0 Å². The lowest BCUT2D eigenvalue weighted by atomic mass is 10.2. The number of nitrogens with zero attached hydrogens (tertiary/aromatic N) is 6. The SMILES string of the molecule is CC(C)CNc1cnnc(N2CCN(c3ccccn3)CC2)n1. The average molecular weight is 313 g/mol. The van der Waals surface area contributed by atoms with Gasteiger partial charge in [0.05, 0.1) is 6.20 Å². The molecule has 0 aromatic carbocycles. The molecule has 0 radical (unpaired) electrons. The van der Waals surface area contributed by atoms with Crippen molar-refractivity contribution in [3.63, 3.8) is 0 Å². The van der Waals surface area contributed by atoms with Gasteiger partial charge in [0.15, 0.2) is 5.82 Å². The van der Waals surface area contributed by atoms with E-state index in [2.05, 4.69) is 49.1 Å². The molecule has 0 aliphatic carbocycles. The second kappa shape index (κ2) is 7.21. The van der Waals surface area contributed by atoms with E-state index < -0.39 is 0 Å². The fraction of sp³-hybridized carbons (Fsp3) is 0.500. The van der Waals surface area contributed by atoms with E-state index in [1.165, 1.54) is 0 Å². The molecule has 1 fully saturated rings. The summed E-state index contributed by atoms with van der Waals surface area (Å²) in [6, 6.07) is 6.00. The summed E-state index contributed by atoms with van der Waals surface area (Å²) >= 11 is 0. The van der Waals surface area contributed by atoms with Crippen molar-refractivity contribution in [2.75, 3.05) is 47.8 Å². The van der Waals surface area contributed by atoms with Gasteiger partial charge in [0.1, 0.15) is 5.82 Å². The molecule has 1 N–H and O–H groups in total. The van der Waals surface area contributed by atoms with Crippen molar-refractivity contribution in [2.24, 2.45) is 5.92 Å². The second-order valence-corrected chi connectivity index (χ2v) is 6.08. The van der Waals surface area contributed by atoms with Crippen LogP contribution in [0.5, 0.6) is 0 Å². The highest BCUT2D eigenvalue weighted by Crippen LogP contribution is 2.16. The van der Waals surface area contributed by atoms with Gasteiger partial charge in [-0.15, -0.1) is 5.10 Å². The number of hydrogen-bond donors (Lipinski definition) is 1. The van der Waals surface area contributed by atoms with Crippen molar-refractivity contribution in [3.05, 3.63) is 30.6 Å². The molecule has 0 bridgehead atoms. The molecule has 2 aromatic heterocycles. The second-order valence-electron chi connectivity index (χ2n) is 6.08. The summed E-state index contributed by atoms with van der Waals surface area (Å²) in [5, 5.41) is 11.5. The molecule has 0 amide bonds. The van der Waals surface area contributed by atoms with Crippen molar-refractivity contribution < 1.29 is 0 Å². The highest BCUT2D eigenvalue weighted by molar-refractivity contribution is 5.43. The third kappa shape index (κ3) is 4.06. The lowest BCUT2D eigenvalue weighted by Gasteiger charge is -2.35. The van der Waals surface area contributed by atoms with Gasteiger partial charge in [-0.3, -0.25) is 0 Å². The summed E-state index contributed by atoms with van der Waals surface area (Å²) in [5.74, 6) is 3.07. The smallest absolute Gasteiger partial charge is 0.247 e. The van der Waals surface area contributed by atoms with E-state index in [1.807, 2.05) is 24.4 Å². The van der Waals surface area contributed by atoms with E-state index >= 15 is 0 Å². The molecule has 0 spiro atoms. The Hall–Kier alpha value is -2.44. The van der Waals surface area contributed by atoms with E-state index in [9.17, 15) is 0 Å². The van der Waals surface area contributed by atoms with Crippen LogP contribution in [0.2, 0.25) is 0 Å². The molecule has 0 saturated carbocycles. The molecule has 1 saturated heterocycles. The van der Waals surface area contributed by atoms with Gasteiger partial charge in [0, 0.05) is 38.9 Å². The maximum atomic E-state index is 4.57. The van der Waals surface area contributed by atoms with Gasteiger partial charge in [-0.2, -0.15) is 10.1 Å². The third-order valence-corrected chi connectivity index (χ3v) is 3.77. The normalized spacial score (nSPS) is 15.1. The monoisotopic (exact) mass is 313 g/mol. The number of rotatable bonds is 5. The van der Waals surface area contributed by atoms with Crippen LogP contribution >= 0.6 is 0 Å². The zero-order valence-corrected chi connectivity index (χ0v) is 13.7. The van der Waals surface area contributed by atoms with Crippen LogP contribution < -0.4 is 15.1 Å². The summed E-state index contributed by atoms with van der Waals surface area (Å²) in [5.41, 5.74) is 0. The minimum Gasteiger partial charge on any atom is -0.368 e. The number of anilines is 3. The van der Waals surface area contributed by atoms with Gasteiger partial charge in [-0.1, -0.05) is 19.9 Å². The van der Waals surface area contributed by atoms with E-state index in [4.69, 9.17) is 0 Å². The lowest BCUT2D eigenvalue weighted by molar-refractivity contribution is 0.629. The molecule has 122 valence electrons. The predicted octanol–water partition coefficient (Wildman–Crippen LogP) is 1.66. The molecule has 1 aliphatic rings. The zero-order valence-electron chi connectivity index (χ0n) is 13.7. The first-order valence-corrected chi connectivity index (χ1v) is 8.07. The third-order valence-electron chi connectivity index (χ3n) is 3.77. The Morgan fingerprint density at radius 1 is 1.13 bits per heavy atom.